The fourth-order valence-corrected chi connectivity index (χ4v) is 1.76. The van der Waals surface area contributed by atoms with Gasteiger partial charge in [-0.05, 0) is 25.0 Å². The van der Waals surface area contributed by atoms with Crippen molar-refractivity contribution in [2.24, 2.45) is 0 Å². The highest BCUT2D eigenvalue weighted by Gasteiger charge is 2.19. The van der Waals surface area contributed by atoms with Crippen LogP contribution in [0.1, 0.15) is 18.4 Å². The predicted octanol–water partition coefficient (Wildman–Crippen LogP) is 2.60. The number of hydrogen-bond acceptors (Lipinski definition) is 4. The van der Waals surface area contributed by atoms with Crippen molar-refractivity contribution in [3.63, 3.8) is 0 Å². The van der Waals surface area contributed by atoms with Gasteiger partial charge in [-0.2, -0.15) is 0 Å². The van der Waals surface area contributed by atoms with Gasteiger partial charge in [0.15, 0.2) is 23.0 Å². The highest BCUT2D eigenvalue weighted by atomic mass is 16.3. The number of hydrogen-bond donors (Lipinski definition) is 4. The molecule has 1 aliphatic rings. The topological polar surface area (TPSA) is 80.9 Å². The number of aromatic hydroxyl groups is 2. The van der Waals surface area contributed by atoms with E-state index >= 15 is 0 Å². The van der Waals surface area contributed by atoms with Gasteiger partial charge in [0.1, 0.15) is 0 Å². The SMILES string of the molecule is OC1=CCCC(c2cccc(O)c2O)=C1O. The van der Waals surface area contributed by atoms with E-state index in [1.807, 2.05) is 0 Å². The zero-order valence-electron chi connectivity index (χ0n) is 8.51. The molecule has 0 aromatic heterocycles. The Hall–Kier alpha value is -2.10. The van der Waals surface area contributed by atoms with Crippen molar-refractivity contribution in [3.05, 3.63) is 41.4 Å². The number of aliphatic hydroxyl groups excluding tert-OH is 2. The van der Waals surface area contributed by atoms with Crippen LogP contribution in [0.3, 0.4) is 0 Å². The van der Waals surface area contributed by atoms with E-state index in [4.69, 9.17) is 0 Å². The Bertz CT molecular complexity index is 486. The number of phenols is 2. The molecular formula is C12H12O4. The summed E-state index contributed by atoms with van der Waals surface area (Å²) in [6, 6.07) is 4.51. The Balaban J connectivity index is 2.57. The van der Waals surface area contributed by atoms with Crippen LogP contribution in [0.15, 0.2) is 35.8 Å². The van der Waals surface area contributed by atoms with Crippen LogP contribution in [-0.2, 0) is 0 Å². The zero-order valence-corrected chi connectivity index (χ0v) is 8.51. The lowest BCUT2D eigenvalue weighted by atomic mass is 9.94. The second-order valence-corrected chi connectivity index (χ2v) is 3.63. The number of allylic oxidation sites excluding steroid dienone is 2. The second kappa shape index (κ2) is 3.81. The average Bonchev–Trinajstić information content (AvgIpc) is 2.27. The molecule has 0 saturated carbocycles. The molecule has 0 spiro atoms. The lowest BCUT2D eigenvalue weighted by molar-refractivity contribution is 0.322. The standard InChI is InChI=1S/C12H12O4/c13-9-5-1-3-7(11(9)15)8-4-2-6-10(14)12(8)16/h1,3,5-6,13-16H,2,4H2. The monoisotopic (exact) mass is 220 g/mol. The van der Waals surface area contributed by atoms with Crippen LogP contribution in [0.25, 0.3) is 5.57 Å². The Morgan fingerprint density at radius 3 is 2.50 bits per heavy atom. The van der Waals surface area contributed by atoms with Crippen molar-refractivity contribution in [1.29, 1.82) is 0 Å². The summed E-state index contributed by atoms with van der Waals surface area (Å²) in [7, 11) is 0. The van der Waals surface area contributed by atoms with Gasteiger partial charge in [0.25, 0.3) is 0 Å². The minimum atomic E-state index is -0.279. The molecule has 1 aromatic rings. The molecule has 0 heterocycles. The van der Waals surface area contributed by atoms with E-state index in [1.165, 1.54) is 12.1 Å². The molecule has 0 radical (unpaired) electrons. The summed E-state index contributed by atoms with van der Waals surface area (Å²) in [5.41, 5.74) is 0.783. The third kappa shape index (κ3) is 1.58. The zero-order chi connectivity index (χ0) is 11.7. The number of aliphatic hydroxyl groups is 2. The maximum atomic E-state index is 9.67. The van der Waals surface area contributed by atoms with E-state index in [2.05, 4.69) is 0 Å². The third-order valence-corrected chi connectivity index (χ3v) is 2.60. The molecule has 0 bridgehead atoms. The Labute approximate surface area is 92.4 Å². The summed E-state index contributed by atoms with van der Waals surface area (Å²) in [6.07, 6.45) is 2.60. The number of para-hydroxylation sites is 1. The number of benzene rings is 1. The molecule has 0 atom stereocenters. The second-order valence-electron chi connectivity index (χ2n) is 3.63. The van der Waals surface area contributed by atoms with Gasteiger partial charge in [0, 0.05) is 11.1 Å². The summed E-state index contributed by atoms with van der Waals surface area (Å²) in [5.74, 6) is -0.957. The van der Waals surface area contributed by atoms with Crippen LogP contribution in [0.5, 0.6) is 11.5 Å². The minimum absolute atomic E-state index is 0.191. The van der Waals surface area contributed by atoms with Crippen molar-refractivity contribution >= 4 is 5.57 Å². The van der Waals surface area contributed by atoms with Crippen LogP contribution in [0.2, 0.25) is 0 Å². The summed E-state index contributed by atoms with van der Waals surface area (Å²) in [5, 5.41) is 38.1. The van der Waals surface area contributed by atoms with E-state index in [-0.39, 0.29) is 23.0 Å². The highest BCUT2D eigenvalue weighted by Crippen LogP contribution is 2.38. The summed E-state index contributed by atoms with van der Waals surface area (Å²) < 4.78 is 0. The molecule has 0 unspecified atom stereocenters. The van der Waals surface area contributed by atoms with Gasteiger partial charge in [-0.25, -0.2) is 0 Å². The molecule has 4 heteroatoms. The van der Waals surface area contributed by atoms with E-state index in [0.29, 0.717) is 24.0 Å². The van der Waals surface area contributed by atoms with Crippen LogP contribution < -0.4 is 0 Å². The Kier molecular flexibility index (Phi) is 2.48. The molecule has 1 aromatic carbocycles. The van der Waals surface area contributed by atoms with Gasteiger partial charge in [-0.3, -0.25) is 0 Å². The maximum Gasteiger partial charge on any atom is 0.165 e. The molecule has 84 valence electrons. The van der Waals surface area contributed by atoms with Gasteiger partial charge in [0.2, 0.25) is 0 Å². The fourth-order valence-electron chi connectivity index (χ4n) is 1.76. The van der Waals surface area contributed by atoms with Crippen LogP contribution in [0.4, 0.5) is 0 Å². The highest BCUT2D eigenvalue weighted by molar-refractivity contribution is 5.76. The quantitative estimate of drug-likeness (QED) is 0.548. The minimum Gasteiger partial charge on any atom is -0.504 e. The van der Waals surface area contributed by atoms with Crippen molar-refractivity contribution in [2.45, 2.75) is 12.8 Å². The van der Waals surface area contributed by atoms with Gasteiger partial charge >= 0.3 is 0 Å². The largest absolute Gasteiger partial charge is 0.504 e. The van der Waals surface area contributed by atoms with Crippen LogP contribution in [-0.4, -0.2) is 20.4 Å². The molecule has 16 heavy (non-hydrogen) atoms. The molecule has 4 N–H and O–H groups in total. The lowest BCUT2D eigenvalue weighted by Gasteiger charge is -2.15. The van der Waals surface area contributed by atoms with Gasteiger partial charge in [-0.1, -0.05) is 12.1 Å². The van der Waals surface area contributed by atoms with Crippen LogP contribution in [0, 0.1) is 0 Å². The van der Waals surface area contributed by atoms with E-state index in [9.17, 15) is 20.4 Å². The van der Waals surface area contributed by atoms with Gasteiger partial charge < -0.3 is 20.4 Å². The molecule has 1 aliphatic carbocycles. The van der Waals surface area contributed by atoms with E-state index < -0.39 is 0 Å². The fraction of sp³-hybridized carbons (Fsp3) is 0.167. The number of rotatable bonds is 1. The van der Waals surface area contributed by atoms with Crippen molar-refractivity contribution in [3.8, 4) is 11.5 Å². The van der Waals surface area contributed by atoms with Crippen molar-refractivity contribution in [1.82, 2.24) is 0 Å². The number of phenolic OH excluding ortho intramolecular Hbond substituents is 2. The average molecular weight is 220 g/mol. The summed E-state index contributed by atoms with van der Waals surface area (Å²) in [6.45, 7) is 0. The van der Waals surface area contributed by atoms with E-state index in [1.54, 1.807) is 12.1 Å². The van der Waals surface area contributed by atoms with Crippen LogP contribution >= 0.6 is 0 Å². The molecule has 0 amide bonds. The molecule has 0 fully saturated rings. The normalized spacial score (nSPS) is 16.1. The molecular weight excluding hydrogens is 208 g/mol. The van der Waals surface area contributed by atoms with Gasteiger partial charge in [-0.15, -0.1) is 0 Å². The van der Waals surface area contributed by atoms with E-state index in [0.717, 1.165) is 0 Å². The lowest BCUT2D eigenvalue weighted by Crippen LogP contribution is -2.00. The van der Waals surface area contributed by atoms with Crippen molar-refractivity contribution < 1.29 is 20.4 Å². The Morgan fingerprint density at radius 2 is 1.75 bits per heavy atom. The smallest absolute Gasteiger partial charge is 0.165 e. The first-order chi connectivity index (χ1) is 7.61. The summed E-state index contributed by atoms with van der Waals surface area (Å²) in [4.78, 5) is 0. The molecule has 4 nitrogen and oxygen atoms in total. The van der Waals surface area contributed by atoms with Crippen molar-refractivity contribution in [2.75, 3.05) is 0 Å². The Morgan fingerprint density at radius 1 is 1.00 bits per heavy atom. The predicted molar refractivity (Wildman–Crippen MR) is 59.3 cm³/mol. The first kappa shape index (κ1) is 10.4. The third-order valence-electron chi connectivity index (χ3n) is 2.60. The maximum absolute atomic E-state index is 9.67. The molecule has 2 rings (SSSR count). The first-order valence-electron chi connectivity index (χ1n) is 4.94. The summed E-state index contributed by atoms with van der Waals surface area (Å²) >= 11 is 0. The molecule has 0 saturated heterocycles. The molecule has 0 aliphatic heterocycles. The van der Waals surface area contributed by atoms with Gasteiger partial charge in [0.05, 0.1) is 0 Å². The first-order valence-corrected chi connectivity index (χ1v) is 4.94.